The number of carboxylic acid groups (broad SMARTS) is 1. The largest absolute Gasteiger partial charge is 0.478 e. The molecular formula is C16H28O3. The number of carboxylic acids is 1. The fraction of sp³-hybridized carbons (Fsp3) is 0.688. The molecular weight excluding hydrogens is 240 g/mol. The molecule has 0 saturated heterocycles. The van der Waals surface area contributed by atoms with Gasteiger partial charge >= 0.3 is 5.97 Å². The third-order valence-corrected chi connectivity index (χ3v) is 3.30. The van der Waals surface area contributed by atoms with Crippen LogP contribution in [-0.4, -0.2) is 23.8 Å². The molecule has 0 aliphatic carbocycles. The molecule has 0 aromatic rings. The number of allylic oxidation sites excluding steroid dienone is 3. The Labute approximate surface area is 117 Å². The minimum atomic E-state index is -0.892. The Morgan fingerprint density at radius 1 is 1.42 bits per heavy atom. The molecule has 0 saturated carbocycles. The summed E-state index contributed by atoms with van der Waals surface area (Å²) in [5.41, 5.74) is 0.747. The van der Waals surface area contributed by atoms with Crippen molar-refractivity contribution in [3.63, 3.8) is 0 Å². The Balaban J connectivity index is 3.91. The average molecular weight is 268 g/mol. The molecule has 3 heteroatoms. The lowest BCUT2D eigenvalue weighted by atomic mass is 9.95. The second kappa shape index (κ2) is 8.92. The van der Waals surface area contributed by atoms with E-state index in [0.29, 0.717) is 5.92 Å². The van der Waals surface area contributed by atoms with Crippen LogP contribution in [0.3, 0.4) is 0 Å². The summed E-state index contributed by atoms with van der Waals surface area (Å²) in [4.78, 5) is 10.4. The van der Waals surface area contributed by atoms with E-state index in [4.69, 9.17) is 9.84 Å². The predicted octanol–water partition coefficient (Wildman–Crippen LogP) is 4.20. The van der Waals surface area contributed by atoms with Crippen molar-refractivity contribution in [3.05, 3.63) is 23.8 Å². The molecule has 0 aromatic carbocycles. The summed E-state index contributed by atoms with van der Waals surface area (Å²) < 4.78 is 5.39. The van der Waals surface area contributed by atoms with Gasteiger partial charge in [0.05, 0.1) is 5.60 Å². The highest BCUT2D eigenvalue weighted by molar-refractivity contribution is 5.81. The molecule has 1 unspecified atom stereocenters. The van der Waals surface area contributed by atoms with Crippen LogP contribution in [0.4, 0.5) is 0 Å². The van der Waals surface area contributed by atoms with Gasteiger partial charge in [0.1, 0.15) is 0 Å². The molecule has 0 aliphatic heterocycles. The first-order valence-electron chi connectivity index (χ1n) is 6.90. The molecule has 0 radical (unpaired) electrons. The van der Waals surface area contributed by atoms with Crippen LogP contribution in [0.15, 0.2) is 23.8 Å². The van der Waals surface area contributed by atoms with Crippen molar-refractivity contribution in [2.75, 3.05) is 7.11 Å². The van der Waals surface area contributed by atoms with Crippen molar-refractivity contribution in [2.24, 2.45) is 5.92 Å². The van der Waals surface area contributed by atoms with Crippen molar-refractivity contribution in [3.8, 4) is 0 Å². The molecule has 0 fully saturated rings. The Bertz CT molecular complexity index is 327. The van der Waals surface area contributed by atoms with E-state index in [0.717, 1.165) is 24.8 Å². The second-order valence-corrected chi connectivity index (χ2v) is 5.83. The average Bonchev–Trinajstić information content (AvgIpc) is 2.27. The SMILES string of the molecule is COC(C)(C)CCCC(C)C/C=C/C(C)=C\C(=O)O. The lowest BCUT2D eigenvalue weighted by Crippen LogP contribution is -2.22. The van der Waals surface area contributed by atoms with Gasteiger partial charge in [0.25, 0.3) is 0 Å². The van der Waals surface area contributed by atoms with E-state index in [2.05, 4.69) is 26.8 Å². The van der Waals surface area contributed by atoms with Crippen molar-refractivity contribution in [2.45, 2.75) is 59.0 Å². The van der Waals surface area contributed by atoms with E-state index in [-0.39, 0.29) is 5.60 Å². The zero-order valence-corrected chi connectivity index (χ0v) is 12.9. The van der Waals surface area contributed by atoms with Gasteiger partial charge in [0, 0.05) is 13.2 Å². The van der Waals surface area contributed by atoms with Crippen LogP contribution in [0.5, 0.6) is 0 Å². The number of aliphatic carboxylic acids is 1. The molecule has 0 spiro atoms. The topological polar surface area (TPSA) is 46.5 Å². The van der Waals surface area contributed by atoms with Crippen LogP contribution in [0.1, 0.15) is 53.4 Å². The molecule has 110 valence electrons. The lowest BCUT2D eigenvalue weighted by Gasteiger charge is -2.23. The van der Waals surface area contributed by atoms with Gasteiger partial charge in [-0.3, -0.25) is 0 Å². The smallest absolute Gasteiger partial charge is 0.328 e. The molecule has 0 heterocycles. The molecule has 1 atom stereocenters. The van der Waals surface area contributed by atoms with Gasteiger partial charge in [-0.2, -0.15) is 0 Å². The Morgan fingerprint density at radius 2 is 2.05 bits per heavy atom. The van der Waals surface area contributed by atoms with Crippen LogP contribution >= 0.6 is 0 Å². The van der Waals surface area contributed by atoms with Crippen LogP contribution in [0, 0.1) is 5.92 Å². The maximum absolute atomic E-state index is 10.4. The van der Waals surface area contributed by atoms with Gasteiger partial charge in [-0.15, -0.1) is 0 Å². The first-order valence-corrected chi connectivity index (χ1v) is 6.90. The first-order chi connectivity index (χ1) is 8.76. The van der Waals surface area contributed by atoms with Crippen molar-refractivity contribution in [1.29, 1.82) is 0 Å². The van der Waals surface area contributed by atoms with E-state index in [9.17, 15) is 4.79 Å². The highest BCUT2D eigenvalue weighted by Gasteiger charge is 2.15. The second-order valence-electron chi connectivity index (χ2n) is 5.83. The summed E-state index contributed by atoms with van der Waals surface area (Å²) in [5.74, 6) is -0.279. The zero-order chi connectivity index (χ0) is 14.9. The summed E-state index contributed by atoms with van der Waals surface area (Å²) >= 11 is 0. The molecule has 0 aromatic heterocycles. The van der Waals surface area contributed by atoms with Crippen LogP contribution in [0.25, 0.3) is 0 Å². The molecule has 19 heavy (non-hydrogen) atoms. The highest BCUT2D eigenvalue weighted by Crippen LogP contribution is 2.20. The third-order valence-electron chi connectivity index (χ3n) is 3.30. The quantitative estimate of drug-likeness (QED) is 0.503. The molecule has 1 N–H and O–H groups in total. The van der Waals surface area contributed by atoms with Gasteiger partial charge < -0.3 is 9.84 Å². The number of methoxy groups -OCH3 is 1. The molecule has 3 nitrogen and oxygen atoms in total. The summed E-state index contributed by atoms with van der Waals surface area (Å²) in [6.07, 6.45) is 9.53. The maximum Gasteiger partial charge on any atom is 0.328 e. The fourth-order valence-electron chi connectivity index (χ4n) is 1.83. The number of hydrogen-bond donors (Lipinski definition) is 1. The number of hydrogen-bond acceptors (Lipinski definition) is 2. The summed E-state index contributed by atoms with van der Waals surface area (Å²) in [7, 11) is 1.75. The molecule has 0 bridgehead atoms. The minimum absolute atomic E-state index is 0.0314. The van der Waals surface area contributed by atoms with Gasteiger partial charge in [-0.05, 0) is 45.1 Å². The van der Waals surface area contributed by atoms with Crippen molar-refractivity contribution in [1.82, 2.24) is 0 Å². The van der Waals surface area contributed by atoms with Crippen molar-refractivity contribution >= 4 is 5.97 Å². The normalized spacial score (nSPS) is 14.9. The molecule has 0 rings (SSSR count). The molecule has 0 amide bonds. The molecule has 0 aliphatic rings. The summed E-state index contributed by atoms with van der Waals surface area (Å²) in [6.45, 7) is 8.24. The third kappa shape index (κ3) is 10.5. The van der Waals surface area contributed by atoms with Gasteiger partial charge in [0.15, 0.2) is 0 Å². The Morgan fingerprint density at radius 3 is 2.58 bits per heavy atom. The fourth-order valence-corrected chi connectivity index (χ4v) is 1.83. The summed E-state index contributed by atoms with van der Waals surface area (Å²) in [5, 5.41) is 8.59. The summed E-state index contributed by atoms with van der Waals surface area (Å²) in [6, 6.07) is 0. The predicted molar refractivity (Wildman–Crippen MR) is 79.3 cm³/mol. The standard InChI is InChI=1S/C16H28O3/c1-13(10-7-11-16(3,4)19-5)8-6-9-14(2)12-15(17)18/h6,9,12-13H,7-8,10-11H2,1-5H3,(H,17,18)/b9-6+,14-12-. The lowest BCUT2D eigenvalue weighted by molar-refractivity contribution is -0.131. The highest BCUT2D eigenvalue weighted by atomic mass is 16.5. The van der Waals surface area contributed by atoms with Crippen molar-refractivity contribution < 1.29 is 14.6 Å². The van der Waals surface area contributed by atoms with E-state index in [1.54, 1.807) is 14.0 Å². The Hall–Kier alpha value is -1.09. The Kier molecular flexibility index (Phi) is 8.41. The number of rotatable bonds is 9. The van der Waals surface area contributed by atoms with E-state index >= 15 is 0 Å². The minimum Gasteiger partial charge on any atom is -0.478 e. The van der Waals surface area contributed by atoms with Crippen LogP contribution in [0.2, 0.25) is 0 Å². The van der Waals surface area contributed by atoms with Gasteiger partial charge in [-0.25, -0.2) is 4.79 Å². The van der Waals surface area contributed by atoms with Gasteiger partial charge in [-0.1, -0.05) is 31.9 Å². The van der Waals surface area contributed by atoms with Crippen LogP contribution < -0.4 is 0 Å². The van der Waals surface area contributed by atoms with Crippen LogP contribution in [-0.2, 0) is 9.53 Å². The monoisotopic (exact) mass is 268 g/mol. The van der Waals surface area contributed by atoms with E-state index < -0.39 is 5.97 Å². The number of ether oxygens (including phenoxy) is 1. The number of carbonyl (C=O) groups is 1. The van der Waals surface area contributed by atoms with E-state index in [1.165, 1.54) is 12.5 Å². The first kappa shape index (κ1) is 17.9. The maximum atomic E-state index is 10.4. The van der Waals surface area contributed by atoms with Gasteiger partial charge in [0.2, 0.25) is 0 Å². The zero-order valence-electron chi connectivity index (χ0n) is 12.9. The van der Waals surface area contributed by atoms with E-state index in [1.807, 2.05) is 6.08 Å².